The Balaban J connectivity index is 1.14. The third-order valence-corrected chi connectivity index (χ3v) is 13.5. The third kappa shape index (κ3) is 5.87. The molecule has 1 heteroatoms. The molecular formula is C64H41N. The SMILES string of the molecule is c1ccc(-c2c3c(c(-c4ccccc4)c4cc(N(c5ccccc5)c5ccc6c(-c7ccccc7)c7ccccc7c(-c7ccccc7)c6c5)ccc24)-c2cccc4cccc-3c24)cc1. The summed E-state index contributed by atoms with van der Waals surface area (Å²) >= 11 is 0. The molecule has 1 aliphatic carbocycles. The van der Waals surface area contributed by atoms with Crippen LogP contribution in [0.3, 0.4) is 0 Å². The van der Waals surface area contributed by atoms with Gasteiger partial charge in [-0.15, -0.1) is 0 Å². The van der Waals surface area contributed by atoms with Crippen LogP contribution < -0.4 is 4.90 Å². The highest BCUT2D eigenvalue weighted by Crippen LogP contribution is 2.58. The highest BCUT2D eigenvalue weighted by atomic mass is 15.1. The molecule has 0 N–H and O–H groups in total. The Morgan fingerprint density at radius 3 is 1.05 bits per heavy atom. The molecule has 0 amide bonds. The van der Waals surface area contributed by atoms with Gasteiger partial charge in [-0.25, -0.2) is 0 Å². The van der Waals surface area contributed by atoms with Gasteiger partial charge in [0.05, 0.1) is 0 Å². The van der Waals surface area contributed by atoms with Crippen LogP contribution in [0.2, 0.25) is 0 Å². The standard InChI is InChI=1S/C64H41N/c1-6-20-42(21-7-1)58-50-32-16-17-33-51(50)59(43-22-8-2-9-23-43)56-40-48(36-38-52(56)58)65(47-30-14-5-15-31-47)49-37-39-53-57(41-49)62(46-26-12-4-13-27-46)64-55-35-19-29-44-28-18-34-54(60(44)55)63(64)61(53)45-24-10-3-11-25-45/h1-41H. The van der Waals surface area contributed by atoms with E-state index in [1.54, 1.807) is 0 Å². The molecule has 0 fully saturated rings. The highest BCUT2D eigenvalue weighted by Gasteiger charge is 2.31. The van der Waals surface area contributed by atoms with E-state index in [0.717, 1.165) is 17.1 Å². The van der Waals surface area contributed by atoms with Crippen molar-refractivity contribution in [2.24, 2.45) is 0 Å². The van der Waals surface area contributed by atoms with Crippen LogP contribution >= 0.6 is 0 Å². The van der Waals surface area contributed by atoms with E-state index in [4.69, 9.17) is 0 Å². The van der Waals surface area contributed by atoms with E-state index in [1.165, 1.54) is 110 Å². The first-order valence-corrected chi connectivity index (χ1v) is 22.5. The third-order valence-electron chi connectivity index (χ3n) is 13.5. The van der Waals surface area contributed by atoms with Gasteiger partial charge >= 0.3 is 0 Å². The minimum absolute atomic E-state index is 1.09. The van der Waals surface area contributed by atoms with E-state index in [-0.39, 0.29) is 0 Å². The molecule has 0 heterocycles. The van der Waals surface area contributed by atoms with Gasteiger partial charge in [-0.1, -0.05) is 212 Å². The molecule has 12 aromatic carbocycles. The first-order chi connectivity index (χ1) is 32.3. The fraction of sp³-hybridized carbons (Fsp3) is 0. The molecule has 0 aliphatic heterocycles. The van der Waals surface area contributed by atoms with Crippen LogP contribution in [0.5, 0.6) is 0 Å². The average molecular weight is 824 g/mol. The Kier molecular flexibility index (Phi) is 8.60. The van der Waals surface area contributed by atoms with Crippen molar-refractivity contribution >= 4 is 60.2 Å². The summed E-state index contributed by atoms with van der Waals surface area (Å²) in [5.74, 6) is 0. The molecule has 0 aromatic heterocycles. The summed E-state index contributed by atoms with van der Waals surface area (Å²) in [6.07, 6.45) is 0. The topological polar surface area (TPSA) is 3.24 Å². The molecular weight excluding hydrogens is 783 g/mol. The fourth-order valence-corrected chi connectivity index (χ4v) is 10.9. The van der Waals surface area contributed by atoms with Gasteiger partial charge in [0, 0.05) is 17.1 Å². The first kappa shape index (κ1) is 37.1. The number of hydrogen-bond donors (Lipinski definition) is 0. The maximum absolute atomic E-state index is 2.46. The number of para-hydroxylation sites is 1. The molecule has 1 nitrogen and oxygen atoms in total. The van der Waals surface area contributed by atoms with Gasteiger partial charge in [0.2, 0.25) is 0 Å². The quantitative estimate of drug-likeness (QED) is 0.145. The van der Waals surface area contributed by atoms with E-state index < -0.39 is 0 Å². The minimum atomic E-state index is 1.09. The molecule has 0 bridgehead atoms. The Morgan fingerprint density at radius 1 is 0.215 bits per heavy atom. The summed E-state index contributed by atoms with van der Waals surface area (Å²) in [7, 11) is 0. The van der Waals surface area contributed by atoms with Crippen molar-refractivity contribution in [1.29, 1.82) is 0 Å². The number of hydrogen-bond acceptors (Lipinski definition) is 1. The summed E-state index contributed by atoms with van der Waals surface area (Å²) in [6, 6.07) is 91.5. The zero-order valence-electron chi connectivity index (χ0n) is 35.6. The zero-order chi connectivity index (χ0) is 42.8. The second kappa shape index (κ2) is 15.1. The predicted octanol–water partition coefficient (Wildman–Crippen LogP) is 18.1. The van der Waals surface area contributed by atoms with Crippen LogP contribution in [0.25, 0.3) is 110 Å². The van der Waals surface area contributed by atoms with Gasteiger partial charge < -0.3 is 4.90 Å². The van der Waals surface area contributed by atoms with Crippen molar-refractivity contribution in [1.82, 2.24) is 0 Å². The lowest BCUT2D eigenvalue weighted by Crippen LogP contribution is -2.10. The molecule has 0 unspecified atom stereocenters. The summed E-state index contributed by atoms with van der Waals surface area (Å²) in [5, 5.41) is 9.99. The molecule has 1 aliphatic rings. The second-order valence-electron chi connectivity index (χ2n) is 17.1. The number of nitrogens with zero attached hydrogens (tertiary/aromatic N) is 1. The predicted molar refractivity (Wildman–Crippen MR) is 277 cm³/mol. The molecule has 0 radical (unpaired) electrons. The van der Waals surface area contributed by atoms with E-state index in [1.807, 2.05) is 0 Å². The zero-order valence-corrected chi connectivity index (χ0v) is 35.6. The molecule has 0 atom stereocenters. The molecule has 12 aromatic rings. The van der Waals surface area contributed by atoms with E-state index >= 15 is 0 Å². The maximum Gasteiger partial charge on any atom is 0.0468 e. The molecule has 0 saturated carbocycles. The minimum Gasteiger partial charge on any atom is -0.310 e. The van der Waals surface area contributed by atoms with Gasteiger partial charge in [0.1, 0.15) is 0 Å². The van der Waals surface area contributed by atoms with Crippen molar-refractivity contribution < 1.29 is 0 Å². The van der Waals surface area contributed by atoms with E-state index in [9.17, 15) is 0 Å². The largest absolute Gasteiger partial charge is 0.310 e. The van der Waals surface area contributed by atoms with Gasteiger partial charge in [-0.05, 0) is 146 Å². The highest BCUT2D eigenvalue weighted by molar-refractivity contribution is 6.28. The number of anilines is 3. The molecule has 0 spiro atoms. The van der Waals surface area contributed by atoms with Crippen LogP contribution in [-0.2, 0) is 0 Å². The second-order valence-corrected chi connectivity index (χ2v) is 17.1. The van der Waals surface area contributed by atoms with Gasteiger partial charge in [-0.3, -0.25) is 0 Å². The Labute approximate surface area is 378 Å². The fourth-order valence-electron chi connectivity index (χ4n) is 10.9. The summed E-state index contributed by atoms with van der Waals surface area (Å²) < 4.78 is 0. The Hall–Kier alpha value is -8.52. The Bertz CT molecular complexity index is 3780. The number of fused-ring (bicyclic) bond motifs is 6. The van der Waals surface area contributed by atoms with E-state index in [2.05, 4.69) is 254 Å². The smallest absolute Gasteiger partial charge is 0.0468 e. The summed E-state index contributed by atoms with van der Waals surface area (Å²) in [6.45, 7) is 0. The van der Waals surface area contributed by atoms with E-state index in [0.29, 0.717) is 0 Å². The lowest BCUT2D eigenvalue weighted by molar-refractivity contribution is 1.29. The van der Waals surface area contributed by atoms with Crippen LogP contribution in [-0.4, -0.2) is 0 Å². The van der Waals surface area contributed by atoms with Crippen molar-refractivity contribution in [3.8, 4) is 66.8 Å². The Morgan fingerprint density at radius 2 is 0.569 bits per heavy atom. The monoisotopic (exact) mass is 823 g/mol. The summed E-state index contributed by atoms with van der Waals surface area (Å²) in [4.78, 5) is 2.45. The lowest BCUT2D eigenvalue weighted by Gasteiger charge is -2.28. The van der Waals surface area contributed by atoms with Crippen LogP contribution in [0.4, 0.5) is 17.1 Å². The van der Waals surface area contributed by atoms with Crippen molar-refractivity contribution in [2.45, 2.75) is 0 Å². The van der Waals surface area contributed by atoms with Crippen molar-refractivity contribution in [3.63, 3.8) is 0 Å². The molecule has 0 saturated heterocycles. The van der Waals surface area contributed by atoms with Crippen LogP contribution in [0.15, 0.2) is 249 Å². The first-order valence-electron chi connectivity index (χ1n) is 22.5. The maximum atomic E-state index is 2.46. The molecule has 13 rings (SSSR count). The normalized spacial score (nSPS) is 11.7. The molecule has 65 heavy (non-hydrogen) atoms. The number of rotatable bonds is 7. The van der Waals surface area contributed by atoms with Crippen LogP contribution in [0.1, 0.15) is 0 Å². The molecule has 302 valence electrons. The van der Waals surface area contributed by atoms with Gasteiger partial charge in [0.15, 0.2) is 0 Å². The van der Waals surface area contributed by atoms with Gasteiger partial charge in [-0.2, -0.15) is 0 Å². The average Bonchev–Trinajstić information content (AvgIpc) is 3.71. The summed E-state index contributed by atoms with van der Waals surface area (Å²) in [5.41, 5.74) is 18.4. The number of benzene rings is 12. The van der Waals surface area contributed by atoms with Crippen molar-refractivity contribution in [2.75, 3.05) is 4.90 Å². The van der Waals surface area contributed by atoms with Crippen molar-refractivity contribution in [3.05, 3.63) is 249 Å². The van der Waals surface area contributed by atoms with Gasteiger partial charge in [0.25, 0.3) is 0 Å². The lowest BCUT2D eigenvalue weighted by atomic mass is 9.82. The van der Waals surface area contributed by atoms with Crippen LogP contribution in [0, 0.1) is 0 Å².